The molecule has 0 aliphatic carbocycles. The van der Waals surface area contributed by atoms with Gasteiger partial charge in [0.25, 0.3) is 0 Å². The number of hydrogen-bond donors (Lipinski definition) is 1. The molecule has 28 heavy (non-hydrogen) atoms. The van der Waals surface area contributed by atoms with Crippen LogP contribution in [-0.4, -0.2) is 51.7 Å². The molecular formula is C19H22ClN5O3. The van der Waals surface area contributed by atoms with E-state index in [4.69, 9.17) is 4.74 Å². The van der Waals surface area contributed by atoms with Gasteiger partial charge in [-0.1, -0.05) is 24.3 Å². The lowest BCUT2D eigenvalue weighted by atomic mass is 10.0. The quantitative estimate of drug-likeness (QED) is 0.705. The van der Waals surface area contributed by atoms with Gasteiger partial charge < -0.3 is 15.0 Å². The number of pyridine rings is 1. The third-order valence-corrected chi connectivity index (χ3v) is 4.84. The molecule has 2 aromatic heterocycles. The summed E-state index contributed by atoms with van der Waals surface area (Å²) >= 11 is 0. The van der Waals surface area contributed by atoms with E-state index in [1.165, 1.54) is 9.08 Å². The molecule has 0 radical (unpaired) electrons. The molecule has 148 valence electrons. The summed E-state index contributed by atoms with van der Waals surface area (Å²) in [5, 5.41) is 7.59. The van der Waals surface area contributed by atoms with Crippen LogP contribution in [0.5, 0.6) is 5.75 Å². The van der Waals surface area contributed by atoms with Crippen LogP contribution in [0.25, 0.3) is 5.65 Å². The van der Waals surface area contributed by atoms with Crippen LogP contribution in [0.4, 0.5) is 0 Å². The first kappa shape index (κ1) is 19.9. The molecule has 8 nitrogen and oxygen atoms in total. The first-order chi connectivity index (χ1) is 13.2. The van der Waals surface area contributed by atoms with E-state index >= 15 is 0 Å². The molecule has 3 aromatic rings. The summed E-state index contributed by atoms with van der Waals surface area (Å²) in [6.07, 6.45) is 1.65. The Balaban J connectivity index is 0.00000225. The Morgan fingerprint density at radius 2 is 2.04 bits per heavy atom. The first-order valence-corrected chi connectivity index (χ1v) is 8.86. The number of nitrogens with one attached hydrogen (secondary N) is 1. The van der Waals surface area contributed by atoms with Crippen molar-refractivity contribution in [2.24, 2.45) is 0 Å². The maximum atomic E-state index is 13.0. The van der Waals surface area contributed by atoms with Crippen LogP contribution in [0.2, 0.25) is 0 Å². The molecule has 1 unspecified atom stereocenters. The number of amides is 1. The Labute approximate surface area is 168 Å². The normalized spacial score (nSPS) is 16.6. The van der Waals surface area contributed by atoms with Gasteiger partial charge in [-0.15, -0.1) is 17.5 Å². The fourth-order valence-corrected chi connectivity index (χ4v) is 3.51. The molecule has 3 heterocycles. The number of carbonyl (C=O) groups excluding carboxylic acids is 1. The predicted octanol–water partition coefficient (Wildman–Crippen LogP) is 1.10. The third kappa shape index (κ3) is 3.61. The van der Waals surface area contributed by atoms with Gasteiger partial charge in [-0.2, -0.15) is 0 Å². The van der Waals surface area contributed by atoms with E-state index in [1.807, 2.05) is 30.3 Å². The van der Waals surface area contributed by atoms with Gasteiger partial charge >= 0.3 is 5.69 Å². The maximum Gasteiger partial charge on any atom is 0.350 e. The molecule has 1 amide bonds. The minimum atomic E-state index is -0.317. The fraction of sp³-hybridized carbons (Fsp3) is 0.316. The summed E-state index contributed by atoms with van der Waals surface area (Å²) in [4.78, 5) is 27.3. The lowest BCUT2D eigenvalue weighted by Gasteiger charge is -2.37. The lowest BCUT2D eigenvalue weighted by Crippen LogP contribution is -2.50. The third-order valence-electron chi connectivity index (χ3n) is 4.84. The number of ether oxygens (including phenoxy) is 1. The van der Waals surface area contributed by atoms with Gasteiger partial charge in [-0.05, 0) is 18.2 Å². The SMILES string of the molecule is COc1ccccc1C1CNCCN1C(=O)Cn1nc2ccccn2c1=O.Cl. The van der Waals surface area contributed by atoms with E-state index < -0.39 is 0 Å². The summed E-state index contributed by atoms with van der Waals surface area (Å²) in [5.41, 5.74) is 1.16. The van der Waals surface area contributed by atoms with Crippen molar-refractivity contribution in [2.75, 3.05) is 26.7 Å². The van der Waals surface area contributed by atoms with Gasteiger partial charge in [0.2, 0.25) is 5.91 Å². The summed E-state index contributed by atoms with van der Waals surface area (Å²) in [7, 11) is 1.62. The highest BCUT2D eigenvalue weighted by Crippen LogP contribution is 2.30. The Hall–Kier alpha value is -2.84. The van der Waals surface area contributed by atoms with Crippen LogP contribution in [0, 0.1) is 0 Å². The molecule has 9 heteroatoms. The predicted molar refractivity (Wildman–Crippen MR) is 107 cm³/mol. The first-order valence-electron chi connectivity index (χ1n) is 8.86. The number of para-hydroxylation sites is 1. The second kappa shape index (κ2) is 8.45. The number of carbonyl (C=O) groups is 1. The lowest BCUT2D eigenvalue weighted by molar-refractivity contribution is -0.135. The largest absolute Gasteiger partial charge is 0.496 e. The maximum absolute atomic E-state index is 13.0. The van der Waals surface area contributed by atoms with Crippen molar-refractivity contribution in [1.29, 1.82) is 0 Å². The van der Waals surface area contributed by atoms with Gasteiger partial charge in [-0.25, -0.2) is 9.48 Å². The Morgan fingerprint density at radius 3 is 2.82 bits per heavy atom. The fourth-order valence-electron chi connectivity index (χ4n) is 3.51. The van der Waals surface area contributed by atoms with Crippen LogP contribution in [0.1, 0.15) is 11.6 Å². The number of fused-ring (bicyclic) bond motifs is 1. The van der Waals surface area contributed by atoms with Crippen molar-refractivity contribution >= 4 is 24.0 Å². The number of aromatic nitrogens is 3. The van der Waals surface area contributed by atoms with E-state index in [0.29, 0.717) is 25.3 Å². The van der Waals surface area contributed by atoms with Gasteiger partial charge in [0.15, 0.2) is 5.65 Å². The summed E-state index contributed by atoms with van der Waals surface area (Å²) in [5.74, 6) is 0.604. The van der Waals surface area contributed by atoms with Crippen molar-refractivity contribution in [1.82, 2.24) is 24.4 Å². The van der Waals surface area contributed by atoms with Gasteiger partial charge in [0.05, 0.1) is 13.2 Å². The Morgan fingerprint density at radius 1 is 1.25 bits per heavy atom. The molecule has 1 aliphatic heterocycles. The number of nitrogens with zero attached hydrogens (tertiary/aromatic N) is 4. The van der Waals surface area contributed by atoms with Crippen LogP contribution < -0.4 is 15.7 Å². The topological polar surface area (TPSA) is 80.9 Å². The van der Waals surface area contributed by atoms with Gasteiger partial charge in [0.1, 0.15) is 12.3 Å². The Bertz CT molecular complexity index is 1030. The molecule has 1 fully saturated rings. The summed E-state index contributed by atoms with van der Waals surface area (Å²) in [6, 6.07) is 12.8. The number of rotatable bonds is 4. The second-order valence-electron chi connectivity index (χ2n) is 6.42. The molecule has 4 rings (SSSR count). The monoisotopic (exact) mass is 403 g/mol. The molecule has 1 aromatic carbocycles. The van der Waals surface area contributed by atoms with Gasteiger partial charge in [-0.3, -0.25) is 9.20 Å². The average Bonchev–Trinajstić information content (AvgIpc) is 3.03. The smallest absolute Gasteiger partial charge is 0.350 e. The number of hydrogen-bond acceptors (Lipinski definition) is 5. The molecule has 1 N–H and O–H groups in total. The standard InChI is InChI=1S/C19H21N5O3.ClH/c1-27-16-7-3-2-6-14(16)15-12-20-9-11-22(15)18(25)13-24-19(26)23-10-5-4-8-17(23)21-24;/h2-8,10,15,20H,9,11-13H2,1H3;1H. The zero-order valence-electron chi connectivity index (χ0n) is 15.4. The van der Waals surface area contributed by atoms with Crippen LogP contribution in [0.15, 0.2) is 53.5 Å². The number of piperazine rings is 1. The minimum Gasteiger partial charge on any atom is -0.496 e. The highest BCUT2D eigenvalue weighted by Gasteiger charge is 2.30. The molecular weight excluding hydrogens is 382 g/mol. The van der Waals surface area contributed by atoms with Crippen molar-refractivity contribution in [3.8, 4) is 5.75 Å². The van der Waals surface area contributed by atoms with E-state index in [2.05, 4.69) is 10.4 Å². The summed E-state index contributed by atoms with van der Waals surface area (Å²) in [6.45, 7) is 1.81. The molecule has 1 aliphatic rings. The Kier molecular flexibility index (Phi) is 6.01. The molecule has 1 atom stereocenters. The number of benzene rings is 1. The van der Waals surface area contributed by atoms with Crippen LogP contribution >= 0.6 is 12.4 Å². The van der Waals surface area contributed by atoms with Gasteiger partial charge in [0, 0.05) is 31.4 Å². The molecule has 0 saturated carbocycles. The molecule has 0 spiro atoms. The highest BCUT2D eigenvalue weighted by atomic mass is 35.5. The van der Waals surface area contributed by atoms with Crippen molar-refractivity contribution in [3.63, 3.8) is 0 Å². The van der Waals surface area contributed by atoms with Crippen molar-refractivity contribution < 1.29 is 9.53 Å². The van der Waals surface area contributed by atoms with Crippen LogP contribution in [0.3, 0.4) is 0 Å². The molecule has 0 bridgehead atoms. The van der Waals surface area contributed by atoms with E-state index in [0.717, 1.165) is 11.3 Å². The highest BCUT2D eigenvalue weighted by molar-refractivity contribution is 5.85. The molecule has 1 saturated heterocycles. The zero-order chi connectivity index (χ0) is 18.8. The van der Waals surface area contributed by atoms with Crippen molar-refractivity contribution in [2.45, 2.75) is 12.6 Å². The average molecular weight is 404 g/mol. The van der Waals surface area contributed by atoms with E-state index in [1.54, 1.807) is 30.3 Å². The van der Waals surface area contributed by atoms with Crippen LogP contribution in [-0.2, 0) is 11.3 Å². The second-order valence-corrected chi connectivity index (χ2v) is 6.42. The van der Waals surface area contributed by atoms with E-state index in [-0.39, 0.29) is 36.6 Å². The van der Waals surface area contributed by atoms with Crippen molar-refractivity contribution in [3.05, 3.63) is 64.7 Å². The van der Waals surface area contributed by atoms with E-state index in [9.17, 15) is 9.59 Å². The number of halogens is 1. The zero-order valence-corrected chi connectivity index (χ0v) is 16.3. The number of methoxy groups -OCH3 is 1. The minimum absolute atomic E-state index is 0. The summed E-state index contributed by atoms with van der Waals surface area (Å²) < 4.78 is 8.12.